The van der Waals surface area contributed by atoms with Gasteiger partial charge in [-0.1, -0.05) is 0 Å². The fraction of sp³-hybridized carbons (Fsp3) is 0.333. The minimum absolute atomic E-state index is 0.325. The summed E-state index contributed by atoms with van der Waals surface area (Å²) in [4.78, 5) is 14.2. The molecule has 0 aromatic heterocycles. The summed E-state index contributed by atoms with van der Waals surface area (Å²) >= 11 is 0. The van der Waals surface area contributed by atoms with Gasteiger partial charge in [0.25, 0.3) is 0 Å². The average Bonchev–Trinajstić information content (AvgIpc) is 1.88. The van der Waals surface area contributed by atoms with Crippen molar-refractivity contribution in [2.75, 3.05) is 0 Å². The Bertz CT molecular complexity index is 174. The first-order valence-electron chi connectivity index (χ1n) is 2.90. The van der Waals surface area contributed by atoms with E-state index in [1.54, 1.807) is 12.3 Å². The van der Waals surface area contributed by atoms with E-state index in [1.165, 1.54) is 13.3 Å². The summed E-state index contributed by atoms with van der Waals surface area (Å²) in [5.41, 5.74) is 0. The summed E-state index contributed by atoms with van der Waals surface area (Å²) in [6.45, 7) is 1.35. The van der Waals surface area contributed by atoms with Crippen molar-refractivity contribution in [3.63, 3.8) is 0 Å². The second kappa shape index (κ2) is 3.00. The van der Waals surface area contributed by atoms with Crippen LogP contribution in [0.1, 0.15) is 6.92 Å². The fourth-order valence-corrected chi connectivity index (χ4v) is 0.587. The van der Waals surface area contributed by atoms with Crippen LogP contribution in [0.2, 0.25) is 0 Å². The molecule has 4 nitrogen and oxygen atoms in total. The molecule has 1 aliphatic rings. The molecule has 0 saturated heterocycles. The minimum Gasteiger partial charge on any atom is -0.436 e. The summed E-state index contributed by atoms with van der Waals surface area (Å²) < 4.78 is 4.73. The van der Waals surface area contributed by atoms with Gasteiger partial charge >= 0.3 is 5.97 Å². The standard InChI is InChI=1S/C6H8N2O2/c1-5(9)10-6-2-3-7-4-8-6/h2-4,6H,1H3,(H,7,8). The molecule has 0 amide bonds. The number of nitrogens with one attached hydrogen (secondary N) is 1. The Morgan fingerprint density at radius 3 is 3.10 bits per heavy atom. The van der Waals surface area contributed by atoms with Crippen molar-refractivity contribution < 1.29 is 9.53 Å². The van der Waals surface area contributed by atoms with Gasteiger partial charge in [0.2, 0.25) is 6.23 Å². The Kier molecular flexibility index (Phi) is 2.04. The normalized spacial score (nSPS) is 21.9. The zero-order valence-electron chi connectivity index (χ0n) is 5.57. The summed E-state index contributed by atoms with van der Waals surface area (Å²) in [7, 11) is 0. The van der Waals surface area contributed by atoms with Crippen molar-refractivity contribution >= 4 is 12.3 Å². The van der Waals surface area contributed by atoms with E-state index < -0.39 is 6.23 Å². The van der Waals surface area contributed by atoms with Crippen molar-refractivity contribution in [3.05, 3.63) is 12.3 Å². The van der Waals surface area contributed by atoms with E-state index in [2.05, 4.69) is 10.3 Å². The maximum Gasteiger partial charge on any atom is 0.304 e. The number of carbonyl (C=O) groups excluding carboxylic acids is 1. The van der Waals surface area contributed by atoms with E-state index in [4.69, 9.17) is 4.74 Å². The van der Waals surface area contributed by atoms with Crippen LogP contribution in [0.15, 0.2) is 17.3 Å². The number of carbonyl (C=O) groups is 1. The Balaban J connectivity index is 2.40. The third-order valence-corrected chi connectivity index (χ3v) is 0.940. The molecule has 1 N–H and O–H groups in total. The van der Waals surface area contributed by atoms with Crippen molar-refractivity contribution in [1.29, 1.82) is 0 Å². The first-order valence-corrected chi connectivity index (χ1v) is 2.90. The highest BCUT2D eigenvalue weighted by molar-refractivity contribution is 5.67. The van der Waals surface area contributed by atoms with Crippen LogP contribution in [0.5, 0.6) is 0 Å². The van der Waals surface area contributed by atoms with Crippen molar-refractivity contribution in [3.8, 4) is 0 Å². The number of rotatable bonds is 1. The van der Waals surface area contributed by atoms with Crippen LogP contribution in [0.3, 0.4) is 0 Å². The van der Waals surface area contributed by atoms with Crippen LogP contribution < -0.4 is 5.32 Å². The van der Waals surface area contributed by atoms with Crippen molar-refractivity contribution in [2.24, 2.45) is 4.99 Å². The fourth-order valence-electron chi connectivity index (χ4n) is 0.587. The molecule has 1 aliphatic heterocycles. The zero-order chi connectivity index (χ0) is 7.40. The summed E-state index contributed by atoms with van der Waals surface area (Å²) in [5.74, 6) is -0.325. The second-order valence-corrected chi connectivity index (χ2v) is 1.80. The van der Waals surface area contributed by atoms with Gasteiger partial charge in [0.05, 0.1) is 6.34 Å². The molecule has 0 aliphatic carbocycles. The second-order valence-electron chi connectivity index (χ2n) is 1.80. The van der Waals surface area contributed by atoms with Crippen LogP contribution in [-0.4, -0.2) is 18.5 Å². The van der Waals surface area contributed by atoms with Gasteiger partial charge in [0.15, 0.2) is 0 Å². The van der Waals surface area contributed by atoms with E-state index in [0.717, 1.165) is 0 Å². The SMILES string of the molecule is CC(=O)OC1C=CNC=N1. The molecule has 4 heteroatoms. The Morgan fingerprint density at radius 1 is 1.80 bits per heavy atom. The number of nitrogens with zero attached hydrogens (tertiary/aromatic N) is 1. The average molecular weight is 140 g/mol. The Labute approximate surface area is 58.6 Å². The van der Waals surface area contributed by atoms with Crippen LogP contribution in [0, 0.1) is 0 Å². The van der Waals surface area contributed by atoms with Crippen molar-refractivity contribution in [1.82, 2.24) is 5.32 Å². The Morgan fingerprint density at radius 2 is 2.60 bits per heavy atom. The third-order valence-electron chi connectivity index (χ3n) is 0.940. The molecule has 54 valence electrons. The van der Waals surface area contributed by atoms with E-state index in [0.29, 0.717) is 0 Å². The number of esters is 1. The van der Waals surface area contributed by atoms with Gasteiger partial charge in [-0.15, -0.1) is 0 Å². The molecule has 10 heavy (non-hydrogen) atoms. The summed E-state index contributed by atoms with van der Waals surface area (Å²) in [5, 5.41) is 2.72. The molecule has 0 spiro atoms. The third kappa shape index (κ3) is 1.89. The highest BCUT2D eigenvalue weighted by Crippen LogP contribution is 1.97. The molecule has 0 radical (unpaired) electrons. The molecule has 1 atom stereocenters. The molecule has 0 aromatic carbocycles. The molecular formula is C6H8N2O2. The number of ether oxygens (including phenoxy) is 1. The van der Waals surface area contributed by atoms with Gasteiger partial charge in [-0.2, -0.15) is 0 Å². The number of aliphatic imine (C=N–C) groups is 1. The van der Waals surface area contributed by atoms with Crippen LogP contribution in [-0.2, 0) is 9.53 Å². The predicted molar refractivity (Wildman–Crippen MR) is 36.3 cm³/mol. The lowest BCUT2D eigenvalue weighted by Gasteiger charge is -2.09. The first-order chi connectivity index (χ1) is 4.79. The van der Waals surface area contributed by atoms with Gasteiger partial charge in [-0.25, -0.2) is 4.99 Å². The lowest BCUT2D eigenvalue weighted by Crippen LogP contribution is -2.18. The Hall–Kier alpha value is -1.32. The molecule has 1 rings (SSSR count). The van der Waals surface area contributed by atoms with Gasteiger partial charge in [0.1, 0.15) is 0 Å². The highest BCUT2D eigenvalue weighted by Gasteiger charge is 2.05. The van der Waals surface area contributed by atoms with Crippen LogP contribution in [0.25, 0.3) is 0 Å². The highest BCUT2D eigenvalue weighted by atomic mass is 16.6. The first kappa shape index (κ1) is 6.80. The monoisotopic (exact) mass is 140 g/mol. The van der Waals surface area contributed by atoms with Gasteiger partial charge < -0.3 is 10.1 Å². The molecule has 0 bridgehead atoms. The molecule has 1 heterocycles. The predicted octanol–water partition coefficient (Wildman–Crippen LogP) is 0.0208. The van der Waals surface area contributed by atoms with E-state index in [-0.39, 0.29) is 5.97 Å². The summed E-state index contributed by atoms with van der Waals surface area (Å²) in [6.07, 6.45) is 4.36. The lowest BCUT2D eigenvalue weighted by molar-refractivity contribution is -0.143. The van der Waals surface area contributed by atoms with Gasteiger partial charge in [-0.05, 0) is 6.08 Å². The molecule has 0 aromatic rings. The smallest absolute Gasteiger partial charge is 0.304 e. The van der Waals surface area contributed by atoms with Crippen LogP contribution >= 0.6 is 0 Å². The van der Waals surface area contributed by atoms with Gasteiger partial charge in [0, 0.05) is 13.1 Å². The molecule has 0 saturated carbocycles. The largest absolute Gasteiger partial charge is 0.436 e. The maximum atomic E-state index is 10.4. The molecular weight excluding hydrogens is 132 g/mol. The number of hydrogen-bond donors (Lipinski definition) is 1. The quantitative estimate of drug-likeness (QED) is 0.522. The van der Waals surface area contributed by atoms with E-state index >= 15 is 0 Å². The van der Waals surface area contributed by atoms with Crippen LogP contribution in [0.4, 0.5) is 0 Å². The molecule has 1 unspecified atom stereocenters. The van der Waals surface area contributed by atoms with E-state index in [9.17, 15) is 4.79 Å². The van der Waals surface area contributed by atoms with Gasteiger partial charge in [-0.3, -0.25) is 4.79 Å². The minimum atomic E-state index is -0.446. The van der Waals surface area contributed by atoms with Crippen molar-refractivity contribution in [2.45, 2.75) is 13.2 Å². The number of hydrogen-bond acceptors (Lipinski definition) is 4. The van der Waals surface area contributed by atoms with E-state index in [1.807, 2.05) is 0 Å². The zero-order valence-corrected chi connectivity index (χ0v) is 5.57. The summed E-state index contributed by atoms with van der Waals surface area (Å²) in [6, 6.07) is 0. The maximum absolute atomic E-state index is 10.4. The molecule has 0 fully saturated rings. The lowest BCUT2D eigenvalue weighted by atomic mass is 10.5. The topological polar surface area (TPSA) is 50.7 Å².